The van der Waals surface area contributed by atoms with E-state index in [-0.39, 0.29) is 23.9 Å². The van der Waals surface area contributed by atoms with E-state index >= 15 is 0 Å². The standard InChI is InChI=1S/C27H25NO4.C11H16O4/c1-3-18(27(30)32-26(29)17(2)11-12-22-16-31-22)13-20-8-6-9-21-14-19-7-4-5-10-23(19)24(15-28)25(20)21;1-4-8(2)11(14)15-7-5-6-9(3)10(12)13/h4-10,13-15,22,28H,2-3,11-12,16H2,1H3;2-7H2,1H3,(H,12,13). The van der Waals surface area contributed by atoms with E-state index in [9.17, 15) is 19.2 Å². The first-order chi connectivity index (χ1) is 22.5. The lowest BCUT2D eigenvalue weighted by molar-refractivity contribution is -0.154. The molecule has 0 bridgehead atoms. The third-order valence-corrected chi connectivity index (χ3v) is 7.60. The molecule has 1 unspecified atom stereocenters. The SMILES string of the molecule is C=C(CCC1CO1)C(=O)OC(=O)C(=Cc1cccc2cc3ccccc3c(C=N)c12)CC.C=C(CCCOC(=O)C(=C)CC)C(=O)O. The number of nitrogens with one attached hydrogen (secondary N) is 1. The number of carbonyl (C=O) groups excluding carboxylic acids is 3. The summed E-state index contributed by atoms with van der Waals surface area (Å²) in [7, 11) is 0. The molecule has 0 spiro atoms. The van der Waals surface area contributed by atoms with Gasteiger partial charge < -0.3 is 24.7 Å². The van der Waals surface area contributed by atoms with Gasteiger partial charge in [0.25, 0.3) is 0 Å². The van der Waals surface area contributed by atoms with Crippen LogP contribution in [0.3, 0.4) is 0 Å². The van der Waals surface area contributed by atoms with Crippen molar-refractivity contribution in [2.45, 2.75) is 58.5 Å². The minimum Gasteiger partial charge on any atom is -0.478 e. The van der Waals surface area contributed by atoms with Crippen LogP contribution in [0.1, 0.15) is 63.5 Å². The van der Waals surface area contributed by atoms with Crippen LogP contribution in [-0.2, 0) is 33.4 Å². The molecule has 2 N–H and O–H groups in total. The lowest BCUT2D eigenvalue weighted by Crippen LogP contribution is -2.16. The quantitative estimate of drug-likeness (QED) is 0.0331. The highest BCUT2D eigenvalue weighted by Crippen LogP contribution is 2.31. The topological polar surface area (TPSA) is 143 Å². The Kier molecular flexibility index (Phi) is 13.5. The van der Waals surface area contributed by atoms with Crippen LogP contribution in [0.25, 0.3) is 27.6 Å². The van der Waals surface area contributed by atoms with Gasteiger partial charge in [0.05, 0.1) is 19.3 Å². The Bertz CT molecular complexity index is 1750. The van der Waals surface area contributed by atoms with Crippen molar-refractivity contribution in [1.82, 2.24) is 0 Å². The molecule has 1 fully saturated rings. The number of hydrogen-bond donors (Lipinski definition) is 2. The zero-order valence-electron chi connectivity index (χ0n) is 26.9. The molecule has 9 heteroatoms. The Morgan fingerprint density at radius 3 is 2.26 bits per heavy atom. The maximum atomic E-state index is 12.7. The molecule has 1 heterocycles. The van der Waals surface area contributed by atoms with E-state index in [1.807, 2.05) is 56.3 Å². The maximum absolute atomic E-state index is 12.7. The van der Waals surface area contributed by atoms with E-state index in [0.717, 1.165) is 32.7 Å². The number of hydrogen-bond acceptors (Lipinski definition) is 8. The first kappa shape index (κ1) is 36.3. The van der Waals surface area contributed by atoms with E-state index in [4.69, 9.17) is 24.7 Å². The van der Waals surface area contributed by atoms with E-state index in [2.05, 4.69) is 25.8 Å². The molecule has 1 atom stereocenters. The Morgan fingerprint density at radius 2 is 1.62 bits per heavy atom. The Morgan fingerprint density at radius 1 is 0.915 bits per heavy atom. The molecule has 1 saturated heterocycles. The van der Waals surface area contributed by atoms with Crippen molar-refractivity contribution in [3.8, 4) is 0 Å². The lowest BCUT2D eigenvalue weighted by atomic mass is 9.93. The first-order valence-electron chi connectivity index (χ1n) is 15.5. The van der Waals surface area contributed by atoms with Gasteiger partial charge in [0.2, 0.25) is 0 Å². The van der Waals surface area contributed by atoms with Gasteiger partial charge in [-0.3, -0.25) is 0 Å². The highest BCUT2D eigenvalue weighted by molar-refractivity contribution is 6.15. The van der Waals surface area contributed by atoms with Gasteiger partial charge in [0.1, 0.15) is 0 Å². The molecule has 3 aromatic rings. The molecule has 246 valence electrons. The van der Waals surface area contributed by atoms with Crippen LogP contribution in [0, 0.1) is 5.41 Å². The van der Waals surface area contributed by atoms with Crippen LogP contribution in [0.5, 0.6) is 0 Å². The lowest BCUT2D eigenvalue weighted by Gasteiger charge is -2.12. The third-order valence-electron chi connectivity index (χ3n) is 7.60. The summed E-state index contributed by atoms with van der Waals surface area (Å²) >= 11 is 0. The van der Waals surface area contributed by atoms with Crippen LogP contribution in [0.4, 0.5) is 0 Å². The highest BCUT2D eigenvalue weighted by atomic mass is 16.6. The van der Waals surface area contributed by atoms with Crippen molar-refractivity contribution in [1.29, 1.82) is 5.41 Å². The fourth-order valence-electron chi connectivity index (χ4n) is 4.65. The smallest absolute Gasteiger partial charge is 0.341 e. The summed E-state index contributed by atoms with van der Waals surface area (Å²) in [6.07, 6.45) is 6.18. The third kappa shape index (κ3) is 10.4. The van der Waals surface area contributed by atoms with Crippen molar-refractivity contribution >= 4 is 57.7 Å². The first-order valence-corrected chi connectivity index (χ1v) is 15.5. The molecule has 0 aliphatic carbocycles. The molecule has 0 amide bonds. The van der Waals surface area contributed by atoms with Crippen LogP contribution in [-0.4, -0.2) is 54.5 Å². The number of carboxylic acid groups (broad SMARTS) is 1. The predicted octanol–water partition coefficient (Wildman–Crippen LogP) is 7.51. The van der Waals surface area contributed by atoms with Crippen LogP contribution in [0.15, 0.2) is 90.6 Å². The molecular weight excluding hydrogens is 598 g/mol. The second-order valence-electron chi connectivity index (χ2n) is 11.0. The molecule has 0 aromatic heterocycles. The normalized spacial score (nSPS) is 13.6. The Labute approximate surface area is 274 Å². The van der Waals surface area contributed by atoms with Crippen molar-refractivity contribution in [2.24, 2.45) is 0 Å². The van der Waals surface area contributed by atoms with E-state index < -0.39 is 23.9 Å². The number of aliphatic carboxylic acids is 1. The zero-order valence-corrected chi connectivity index (χ0v) is 26.9. The van der Waals surface area contributed by atoms with Crippen molar-refractivity contribution in [3.63, 3.8) is 0 Å². The Balaban J connectivity index is 0.000000339. The number of rotatable bonds is 15. The summed E-state index contributed by atoms with van der Waals surface area (Å²) in [4.78, 5) is 46.5. The average Bonchev–Trinajstić information content (AvgIpc) is 3.91. The number of carbonyl (C=O) groups is 4. The summed E-state index contributed by atoms with van der Waals surface area (Å²) in [5.41, 5.74) is 2.80. The van der Waals surface area contributed by atoms with Crippen LogP contribution in [0.2, 0.25) is 0 Å². The maximum Gasteiger partial charge on any atom is 0.341 e. The number of esters is 3. The molecule has 0 radical (unpaired) electrons. The van der Waals surface area contributed by atoms with Gasteiger partial charge in [-0.15, -0.1) is 0 Å². The van der Waals surface area contributed by atoms with E-state index in [1.54, 1.807) is 6.08 Å². The Hall–Kier alpha value is -5.15. The summed E-state index contributed by atoms with van der Waals surface area (Å²) in [5, 5.41) is 20.4. The van der Waals surface area contributed by atoms with Gasteiger partial charge in [0.15, 0.2) is 0 Å². The van der Waals surface area contributed by atoms with Gasteiger partial charge in [-0.2, -0.15) is 0 Å². The van der Waals surface area contributed by atoms with Gasteiger partial charge in [-0.1, -0.05) is 76.0 Å². The monoisotopic (exact) mass is 639 g/mol. The van der Waals surface area contributed by atoms with Crippen LogP contribution >= 0.6 is 0 Å². The summed E-state index contributed by atoms with van der Waals surface area (Å²) < 4.78 is 15.1. The minimum atomic E-state index is -1.01. The zero-order chi connectivity index (χ0) is 34.5. The second-order valence-corrected chi connectivity index (χ2v) is 11.0. The van der Waals surface area contributed by atoms with Gasteiger partial charge in [-0.25, -0.2) is 19.2 Å². The van der Waals surface area contributed by atoms with E-state index in [1.165, 1.54) is 6.21 Å². The summed E-state index contributed by atoms with van der Waals surface area (Å²) in [5.74, 6) is -2.80. The predicted molar refractivity (Wildman–Crippen MR) is 183 cm³/mol. The summed E-state index contributed by atoms with van der Waals surface area (Å²) in [6.45, 7) is 15.2. The number of carboxylic acids is 1. The number of fused-ring (bicyclic) bond motifs is 2. The fourth-order valence-corrected chi connectivity index (χ4v) is 4.65. The van der Waals surface area contributed by atoms with Gasteiger partial charge in [0, 0.05) is 34.1 Å². The fraction of sp³-hybridized carbons (Fsp3) is 0.289. The number of benzene rings is 3. The highest BCUT2D eigenvalue weighted by Gasteiger charge is 2.24. The van der Waals surface area contributed by atoms with Gasteiger partial charge >= 0.3 is 23.9 Å². The second kappa shape index (κ2) is 17.5. The van der Waals surface area contributed by atoms with Crippen LogP contribution < -0.4 is 0 Å². The molecule has 1 aliphatic rings. The molecule has 47 heavy (non-hydrogen) atoms. The molecule has 0 saturated carbocycles. The molecule has 9 nitrogen and oxygen atoms in total. The minimum absolute atomic E-state index is 0.125. The van der Waals surface area contributed by atoms with Crippen molar-refractivity contribution in [3.05, 3.63) is 102 Å². The summed E-state index contributed by atoms with van der Waals surface area (Å²) in [6, 6.07) is 15.8. The van der Waals surface area contributed by atoms with Crippen molar-refractivity contribution < 1.29 is 38.5 Å². The number of epoxide rings is 1. The molecule has 1 aliphatic heterocycles. The van der Waals surface area contributed by atoms with E-state index in [0.29, 0.717) is 56.3 Å². The molecule has 4 rings (SSSR count). The molecular formula is C38H41NO8. The largest absolute Gasteiger partial charge is 0.478 e. The van der Waals surface area contributed by atoms with Crippen molar-refractivity contribution in [2.75, 3.05) is 13.2 Å². The number of ether oxygens (including phenoxy) is 3. The van der Waals surface area contributed by atoms with Gasteiger partial charge in [-0.05, 0) is 77.8 Å². The average molecular weight is 640 g/mol. The molecule has 3 aromatic carbocycles.